The highest BCUT2D eigenvalue weighted by atomic mass is 35.5. The van der Waals surface area contributed by atoms with Gasteiger partial charge in [0.25, 0.3) is 5.91 Å². The van der Waals surface area contributed by atoms with E-state index in [9.17, 15) is 9.90 Å². The molecule has 2 heterocycles. The second-order valence-electron chi connectivity index (χ2n) is 6.47. The van der Waals surface area contributed by atoms with Gasteiger partial charge in [-0.05, 0) is 60.7 Å². The van der Waals surface area contributed by atoms with Gasteiger partial charge in [0.05, 0.1) is 27.9 Å². The lowest BCUT2D eigenvalue weighted by atomic mass is 10.2. The van der Waals surface area contributed by atoms with Crippen molar-refractivity contribution in [2.45, 2.75) is 6.92 Å². The van der Waals surface area contributed by atoms with E-state index < -0.39 is 0 Å². The molecule has 156 valence electrons. The average molecular weight is 452 g/mol. The molecule has 0 atom stereocenters. The molecule has 0 saturated carbocycles. The standard InChI is InChI=1S/C23H18ClN3O3S/c1-2-30-20-12-15(8-9-19(20)28)13-21-22(29)27(16-6-4-3-5-7-16)23(31-21)26-18-10-11-25-14-17(18)24/h3-14,28H,2H2,1H3/b21-13-,26-23?. The van der Waals surface area contributed by atoms with Crippen LogP contribution in [-0.2, 0) is 4.79 Å². The molecule has 6 nitrogen and oxygen atoms in total. The fourth-order valence-electron chi connectivity index (χ4n) is 2.96. The van der Waals surface area contributed by atoms with Crippen molar-refractivity contribution in [3.05, 3.63) is 82.5 Å². The van der Waals surface area contributed by atoms with Gasteiger partial charge in [-0.15, -0.1) is 0 Å². The Morgan fingerprint density at radius 3 is 2.77 bits per heavy atom. The third-order valence-electron chi connectivity index (χ3n) is 4.37. The van der Waals surface area contributed by atoms with Gasteiger partial charge in [-0.3, -0.25) is 14.7 Å². The Bertz CT molecular complexity index is 1180. The van der Waals surface area contributed by atoms with Crippen LogP contribution in [0.5, 0.6) is 11.5 Å². The van der Waals surface area contributed by atoms with E-state index in [1.807, 2.05) is 37.3 Å². The summed E-state index contributed by atoms with van der Waals surface area (Å²) in [6.45, 7) is 2.26. The maximum Gasteiger partial charge on any atom is 0.271 e. The van der Waals surface area contributed by atoms with Gasteiger partial charge in [0.15, 0.2) is 16.7 Å². The highest BCUT2D eigenvalue weighted by Gasteiger charge is 2.34. The molecule has 1 aliphatic rings. The smallest absolute Gasteiger partial charge is 0.271 e. The lowest BCUT2D eigenvalue weighted by Crippen LogP contribution is -2.28. The number of carbonyl (C=O) groups excluding carboxylic acids is 1. The highest BCUT2D eigenvalue weighted by Crippen LogP contribution is 2.39. The molecule has 0 radical (unpaired) electrons. The van der Waals surface area contributed by atoms with Crippen molar-refractivity contribution in [1.29, 1.82) is 0 Å². The summed E-state index contributed by atoms with van der Waals surface area (Å²) < 4.78 is 5.45. The van der Waals surface area contributed by atoms with E-state index in [1.165, 1.54) is 18.0 Å². The third kappa shape index (κ3) is 4.57. The summed E-state index contributed by atoms with van der Waals surface area (Å²) in [6.07, 6.45) is 4.86. The zero-order valence-electron chi connectivity index (χ0n) is 16.5. The summed E-state index contributed by atoms with van der Waals surface area (Å²) in [5, 5.41) is 10.8. The fraction of sp³-hybridized carbons (Fsp3) is 0.0870. The maximum atomic E-state index is 13.3. The SMILES string of the molecule is CCOc1cc(/C=C2\SC(=Nc3ccncc3Cl)N(c3ccccc3)C2=O)ccc1O. The van der Waals surface area contributed by atoms with Gasteiger partial charge < -0.3 is 9.84 Å². The zero-order chi connectivity index (χ0) is 21.8. The van der Waals surface area contributed by atoms with Crippen molar-refractivity contribution in [1.82, 2.24) is 4.98 Å². The molecule has 0 bridgehead atoms. The monoisotopic (exact) mass is 451 g/mol. The van der Waals surface area contributed by atoms with Crippen LogP contribution in [0.4, 0.5) is 11.4 Å². The van der Waals surface area contributed by atoms with Gasteiger partial charge in [-0.2, -0.15) is 0 Å². The Morgan fingerprint density at radius 1 is 1.23 bits per heavy atom. The van der Waals surface area contributed by atoms with Crippen LogP contribution >= 0.6 is 23.4 Å². The zero-order valence-corrected chi connectivity index (χ0v) is 18.1. The minimum atomic E-state index is -0.203. The van der Waals surface area contributed by atoms with Crippen molar-refractivity contribution < 1.29 is 14.6 Å². The molecule has 1 N–H and O–H groups in total. The molecule has 3 aromatic rings. The summed E-state index contributed by atoms with van der Waals surface area (Å²) in [7, 11) is 0. The summed E-state index contributed by atoms with van der Waals surface area (Å²) in [4.78, 5) is 23.9. The van der Waals surface area contributed by atoms with Crippen molar-refractivity contribution in [2.24, 2.45) is 4.99 Å². The van der Waals surface area contributed by atoms with Crippen molar-refractivity contribution in [2.75, 3.05) is 11.5 Å². The average Bonchev–Trinajstić information content (AvgIpc) is 3.07. The van der Waals surface area contributed by atoms with Crippen LogP contribution in [0.15, 0.2) is 76.9 Å². The lowest BCUT2D eigenvalue weighted by Gasteiger charge is -2.15. The largest absolute Gasteiger partial charge is 0.504 e. The first-order valence-electron chi connectivity index (χ1n) is 9.50. The molecule has 1 aliphatic heterocycles. The number of para-hydroxylation sites is 1. The van der Waals surface area contributed by atoms with Crippen LogP contribution in [0.1, 0.15) is 12.5 Å². The maximum absolute atomic E-state index is 13.3. The molecular weight excluding hydrogens is 434 g/mol. The van der Waals surface area contributed by atoms with E-state index in [-0.39, 0.29) is 11.7 Å². The Kier molecular flexibility index (Phi) is 6.25. The number of aromatic hydroxyl groups is 1. The Balaban J connectivity index is 1.76. The van der Waals surface area contributed by atoms with Crippen molar-refractivity contribution in [3.63, 3.8) is 0 Å². The molecule has 0 spiro atoms. The molecule has 1 amide bonds. The number of amidine groups is 1. The number of aliphatic imine (C=N–C) groups is 1. The molecule has 1 aromatic heterocycles. The van der Waals surface area contributed by atoms with Crippen LogP contribution in [0.2, 0.25) is 5.02 Å². The Hall–Kier alpha value is -3.29. The van der Waals surface area contributed by atoms with Crippen LogP contribution in [0.3, 0.4) is 0 Å². The number of phenols is 1. The van der Waals surface area contributed by atoms with Gasteiger partial charge >= 0.3 is 0 Å². The number of phenolic OH excluding ortho intramolecular Hbond substituents is 1. The number of aromatic nitrogens is 1. The minimum absolute atomic E-state index is 0.0508. The van der Waals surface area contributed by atoms with Crippen molar-refractivity contribution in [3.8, 4) is 11.5 Å². The summed E-state index contributed by atoms with van der Waals surface area (Å²) >= 11 is 7.48. The third-order valence-corrected chi connectivity index (χ3v) is 5.63. The van der Waals surface area contributed by atoms with Crippen LogP contribution < -0.4 is 9.64 Å². The first-order valence-corrected chi connectivity index (χ1v) is 10.7. The van der Waals surface area contributed by atoms with Crippen LogP contribution in [-0.4, -0.2) is 27.8 Å². The number of amides is 1. The van der Waals surface area contributed by atoms with E-state index in [0.29, 0.717) is 38.8 Å². The number of thioether (sulfide) groups is 1. The molecule has 0 aliphatic carbocycles. The highest BCUT2D eigenvalue weighted by molar-refractivity contribution is 8.19. The first-order chi connectivity index (χ1) is 15.1. The molecule has 31 heavy (non-hydrogen) atoms. The molecule has 4 rings (SSSR count). The number of ether oxygens (including phenoxy) is 1. The number of halogens is 1. The van der Waals surface area contributed by atoms with E-state index in [2.05, 4.69) is 9.98 Å². The van der Waals surface area contributed by atoms with E-state index in [4.69, 9.17) is 16.3 Å². The summed E-state index contributed by atoms with van der Waals surface area (Å²) in [5.74, 6) is 0.214. The van der Waals surface area contributed by atoms with E-state index in [0.717, 1.165) is 5.56 Å². The molecule has 2 aromatic carbocycles. The van der Waals surface area contributed by atoms with E-state index in [1.54, 1.807) is 41.4 Å². The Labute approximate surface area is 188 Å². The van der Waals surface area contributed by atoms with Gasteiger partial charge in [0, 0.05) is 12.4 Å². The first kappa shape index (κ1) is 21.0. The predicted molar refractivity (Wildman–Crippen MR) is 125 cm³/mol. The van der Waals surface area contributed by atoms with Gasteiger partial charge in [-0.25, -0.2) is 4.99 Å². The number of nitrogens with zero attached hydrogens (tertiary/aromatic N) is 3. The number of hydrogen-bond donors (Lipinski definition) is 1. The number of anilines is 1. The Morgan fingerprint density at radius 2 is 2.03 bits per heavy atom. The molecule has 8 heteroatoms. The van der Waals surface area contributed by atoms with Crippen molar-refractivity contribution >= 4 is 51.9 Å². The number of carbonyl (C=O) groups is 1. The van der Waals surface area contributed by atoms with Crippen LogP contribution in [0, 0.1) is 0 Å². The molecule has 1 fully saturated rings. The number of rotatable bonds is 5. The fourth-order valence-corrected chi connectivity index (χ4v) is 4.11. The van der Waals surface area contributed by atoms with Gasteiger partial charge in [-0.1, -0.05) is 35.9 Å². The number of pyridine rings is 1. The summed E-state index contributed by atoms with van der Waals surface area (Å²) in [6, 6.07) is 16.0. The molecule has 0 unspecified atom stereocenters. The summed E-state index contributed by atoms with van der Waals surface area (Å²) in [5.41, 5.74) is 1.96. The van der Waals surface area contributed by atoms with Gasteiger partial charge in [0.2, 0.25) is 0 Å². The van der Waals surface area contributed by atoms with E-state index >= 15 is 0 Å². The minimum Gasteiger partial charge on any atom is -0.504 e. The predicted octanol–water partition coefficient (Wildman–Crippen LogP) is 5.65. The van der Waals surface area contributed by atoms with Crippen LogP contribution in [0.25, 0.3) is 6.08 Å². The second kappa shape index (κ2) is 9.24. The molecule has 1 saturated heterocycles. The van der Waals surface area contributed by atoms with Gasteiger partial charge in [0.1, 0.15) is 0 Å². The molecular formula is C23H18ClN3O3S. The topological polar surface area (TPSA) is 75.0 Å². The normalized spacial score (nSPS) is 16.3. The number of benzene rings is 2. The second-order valence-corrected chi connectivity index (χ2v) is 7.88. The number of hydrogen-bond acceptors (Lipinski definition) is 6. The quantitative estimate of drug-likeness (QED) is 0.507. The lowest BCUT2D eigenvalue weighted by molar-refractivity contribution is -0.113.